The maximum Gasteiger partial charge on any atom is 0.280 e. The summed E-state index contributed by atoms with van der Waals surface area (Å²) in [7, 11) is 0. The van der Waals surface area contributed by atoms with Crippen LogP contribution >= 0.6 is 11.3 Å². The number of nitrogens with one attached hydrogen (secondary N) is 2. The summed E-state index contributed by atoms with van der Waals surface area (Å²) in [4.78, 5) is 37.6. The number of carbonyl (C=O) groups excluding carboxylic acids is 2. The van der Waals surface area contributed by atoms with E-state index in [-0.39, 0.29) is 29.3 Å². The summed E-state index contributed by atoms with van der Waals surface area (Å²) in [6.45, 7) is 10.4. The smallest absolute Gasteiger partial charge is 0.280 e. The van der Waals surface area contributed by atoms with E-state index in [1.165, 1.54) is 11.3 Å². The van der Waals surface area contributed by atoms with Crippen LogP contribution in [0, 0.1) is 6.92 Å². The molecule has 2 amide bonds. The average molecular weight is 460 g/mol. The lowest BCUT2D eigenvalue weighted by molar-refractivity contribution is 0.0743. The predicted octanol–water partition coefficient (Wildman–Crippen LogP) is 3.46. The summed E-state index contributed by atoms with van der Waals surface area (Å²) >= 11 is 1.19. The van der Waals surface area contributed by atoms with Gasteiger partial charge in [0.05, 0.1) is 11.5 Å². The van der Waals surface area contributed by atoms with E-state index in [2.05, 4.69) is 34.4 Å². The normalized spacial score (nSPS) is 17.8. The van der Waals surface area contributed by atoms with E-state index >= 15 is 0 Å². The van der Waals surface area contributed by atoms with Crippen molar-refractivity contribution in [2.24, 2.45) is 0 Å². The molecule has 1 aliphatic heterocycles. The molecule has 3 atom stereocenters. The molecule has 3 N–H and O–H groups in total. The third kappa shape index (κ3) is 5.27. The van der Waals surface area contributed by atoms with Gasteiger partial charge in [0, 0.05) is 36.4 Å². The van der Waals surface area contributed by atoms with Crippen molar-refractivity contribution in [3.63, 3.8) is 0 Å². The summed E-state index contributed by atoms with van der Waals surface area (Å²) < 4.78 is 0. The second-order valence-corrected chi connectivity index (χ2v) is 9.58. The fourth-order valence-corrected chi connectivity index (χ4v) is 4.71. The van der Waals surface area contributed by atoms with E-state index in [0.717, 1.165) is 36.2 Å². The van der Waals surface area contributed by atoms with Gasteiger partial charge in [-0.2, -0.15) is 0 Å². The van der Waals surface area contributed by atoms with Crippen LogP contribution in [0.4, 0.5) is 5.82 Å². The average Bonchev–Trinajstić information content (AvgIpc) is 3.39. The van der Waals surface area contributed by atoms with Gasteiger partial charge in [0.2, 0.25) is 0 Å². The van der Waals surface area contributed by atoms with Gasteiger partial charge >= 0.3 is 0 Å². The Morgan fingerprint density at radius 3 is 2.69 bits per heavy atom. The molecule has 32 heavy (non-hydrogen) atoms. The summed E-state index contributed by atoms with van der Waals surface area (Å²) in [5.41, 5.74) is 2.04. The van der Waals surface area contributed by atoms with Crippen molar-refractivity contribution < 1.29 is 14.7 Å². The van der Waals surface area contributed by atoms with Crippen molar-refractivity contribution in [2.75, 3.05) is 18.5 Å². The molecule has 8 nitrogen and oxygen atoms in total. The molecule has 0 unspecified atom stereocenters. The summed E-state index contributed by atoms with van der Waals surface area (Å²) in [6.07, 6.45) is 4.65. The van der Waals surface area contributed by atoms with Gasteiger partial charge in [-0.3, -0.25) is 9.59 Å². The highest BCUT2D eigenvalue weighted by Crippen LogP contribution is 2.35. The number of carbonyl (C=O) groups is 2. The van der Waals surface area contributed by atoms with Gasteiger partial charge in [0.1, 0.15) is 11.5 Å². The molecule has 2 aromatic heterocycles. The number of aliphatic hydroxyl groups is 1. The Balaban J connectivity index is 2.01. The number of likely N-dealkylation sites (tertiary alicyclic amines) is 1. The number of amides is 2. The number of hydrogen-bond donors (Lipinski definition) is 3. The van der Waals surface area contributed by atoms with Gasteiger partial charge in [-0.1, -0.05) is 6.92 Å². The monoisotopic (exact) mass is 459 g/mol. The molecule has 3 heterocycles. The van der Waals surface area contributed by atoms with E-state index in [4.69, 9.17) is 0 Å². The van der Waals surface area contributed by atoms with Crippen LogP contribution in [0.2, 0.25) is 0 Å². The Bertz CT molecular complexity index is 977. The molecule has 0 radical (unpaired) electrons. The summed E-state index contributed by atoms with van der Waals surface area (Å²) in [6, 6.07) is 2.00. The third-order valence-corrected chi connectivity index (χ3v) is 6.94. The molecule has 3 rings (SSSR count). The molecule has 174 valence electrons. The van der Waals surface area contributed by atoms with Crippen LogP contribution < -0.4 is 10.6 Å². The quantitative estimate of drug-likeness (QED) is 0.558. The zero-order valence-corrected chi connectivity index (χ0v) is 20.3. The molecule has 0 aromatic carbocycles. The number of rotatable bonds is 8. The number of pyridine rings is 1. The van der Waals surface area contributed by atoms with Crippen LogP contribution in [0.5, 0.6) is 0 Å². The van der Waals surface area contributed by atoms with Gasteiger partial charge in [-0.05, 0) is 58.6 Å². The van der Waals surface area contributed by atoms with Crippen LogP contribution in [-0.2, 0) is 0 Å². The predicted molar refractivity (Wildman–Crippen MR) is 127 cm³/mol. The lowest BCUT2D eigenvalue weighted by Crippen LogP contribution is -2.35. The van der Waals surface area contributed by atoms with E-state index in [1.807, 2.05) is 24.8 Å². The lowest BCUT2D eigenvalue weighted by Gasteiger charge is -2.21. The maximum atomic E-state index is 13.4. The van der Waals surface area contributed by atoms with Gasteiger partial charge in [0.25, 0.3) is 11.8 Å². The van der Waals surface area contributed by atoms with Crippen molar-refractivity contribution >= 4 is 29.0 Å². The molecule has 2 aromatic rings. The Kier molecular flexibility index (Phi) is 7.84. The molecule has 9 heteroatoms. The minimum absolute atomic E-state index is 0.144. The van der Waals surface area contributed by atoms with E-state index in [0.29, 0.717) is 17.5 Å². The van der Waals surface area contributed by atoms with E-state index in [1.54, 1.807) is 13.1 Å². The molecule has 1 fully saturated rings. The van der Waals surface area contributed by atoms with Gasteiger partial charge < -0.3 is 20.6 Å². The Morgan fingerprint density at radius 1 is 1.34 bits per heavy atom. The van der Waals surface area contributed by atoms with E-state index < -0.39 is 11.9 Å². The van der Waals surface area contributed by atoms with Gasteiger partial charge in [-0.25, -0.2) is 9.97 Å². The lowest BCUT2D eigenvalue weighted by atomic mass is 10.1. The standard InChI is InChI=1S/C23H33N5O3S/c1-6-14(3)25-18-10-13(2)17(11-24-18)20-19(23(31)28-9-7-8-16(28)5)27-22(32-20)21(30)26-15(4)12-29/h10-11,14-16,29H,6-9,12H2,1-5H3,(H,24,25)(H,26,30)/t14-,15+,16-/m0/s1. The molecule has 0 spiro atoms. The number of aromatic nitrogens is 2. The largest absolute Gasteiger partial charge is 0.394 e. The fourth-order valence-electron chi connectivity index (χ4n) is 3.67. The van der Waals surface area contributed by atoms with Crippen LogP contribution in [0.15, 0.2) is 12.3 Å². The van der Waals surface area contributed by atoms with Crippen LogP contribution in [0.3, 0.4) is 0 Å². The highest BCUT2D eigenvalue weighted by Gasteiger charge is 2.32. The summed E-state index contributed by atoms with van der Waals surface area (Å²) in [5, 5.41) is 15.5. The zero-order valence-electron chi connectivity index (χ0n) is 19.4. The molecule has 1 saturated heterocycles. The van der Waals surface area contributed by atoms with Crippen molar-refractivity contribution in [3.8, 4) is 10.4 Å². The number of nitrogens with zero attached hydrogens (tertiary/aromatic N) is 3. The number of thiazole rings is 1. The second-order valence-electron chi connectivity index (χ2n) is 8.58. The van der Waals surface area contributed by atoms with Crippen LogP contribution in [-0.4, -0.2) is 63.1 Å². The number of anilines is 1. The third-order valence-electron chi connectivity index (χ3n) is 5.85. The highest BCUT2D eigenvalue weighted by atomic mass is 32.1. The number of aliphatic hydroxyl groups excluding tert-OH is 1. The zero-order chi connectivity index (χ0) is 23.4. The Hall–Kier alpha value is -2.52. The molecule has 0 aliphatic carbocycles. The first-order valence-corrected chi connectivity index (χ1v) is 12.0. The first-order chi connectivity index (χ1) is 15.2. The summed E-state index contributed by atoms with van der Waals surface area (Å²) in [5.74, 6) is 0.226. The van der Waals surface area contributed by atoms with Crippen molar-refractivity contribution in [3.05, 3.63) is 28.5 Å². The first kappa shape index (κ1) is 24.1. The number of aryl methyl sites for hydroxylation is 1. The number of hydrogen-bond acceptors (Lipinski definition) is 7. The van der Waals surface area contributed by atoms with Crippen molar-refractivity contribution in [1.29, 1.82) is 0 Å². The van der Waals surface area contributed by atoms with Crippen LogP contribution in [0.1, 0.15) is 72.8 Å². The molecule has 0 saturated carbocycles. The Morgan fingerprint density at radius 2 is 2.09 bits per heavy atom. The second kappa shape index (κ2) is 10.4. The SMILES string of the molecule is CC[C@H](C)Nc1cc(C)c(-c2sc(C(=O)N[C@H](C)CO)nc2C(=O)N2CCC[C@@H]2C)cn1. The fraction of sp³-hybridized carbons (Fsp3) is 0.565. The van der Waals surface area contributed by atoms with E-state index in [9.17, 15) is 14.7 Å². The molecule has 0 bridgehead atoms. The highest BCUT2D eigenvalue weighted by molar-refractivity contribution is 7.17. The van der Waals surface area contributed by atoms with Crippen LogP contribution in [0.25, 0.3) is 10.4 Å². The minimum Gasteiger partial charge on any atom is -0.394 e. The molecular formula is C23H33N5O3S. The maximum absolute atomic E-state index is 13.4. The first-order valence-electron chi connectivity index (χ1n) is 11.2. The van der Waals surface area contributed by atoms with Crippen molar-refractivity contribution in [2.45, 2.75) is 72.0 Å². The molecular weight excluding hydrogens is 426 g/mol. The van der Waals surface area contributed by atoms with Crippen molar-refractivity contribution in [1.82, 2.24) is 20.2 Å². The van der Waals surface area contributed by atoms with Gasteiger partial charge in [-0.15, -0.1) is 11.3 Å². The van der Waals surface area contributed by atoms with Gasteiger partial charge in [0.15, 0.2) is 5.01 Å². The Labute approximate surface area is 193 Å². The minimum atomic E-state index is -0.401. The molecule has 1 aliphatic rings. The topological polar surface area (TPSA) is 107 Å².